The second kappa shape index (κ2) is 7.71. The second-order valence-corrected chi connectivity index (χ2v) is 6.38. The number of rotatable bonds is 5. The van der Waals surface area contributed by atoms with E-state index in [0.717, 1.165) is 48.0 Å². The van der Waals surface area contributed by atoms with Crippen LogP contribution in [0.4, 0.5) is 0 Å². The smallest absolute Gasteiger partial charge is 0.154 e. The van der Waals surface area contributed by atoms with Crippen LogP contribution in [-0.2, 0) is 6.54 Å². The molecule has 5 heteroatoms. The van der Waals surface area contributed by atoms with E-state index in [0.29, 0.717) is 0 Å². The van der Waals surface area contributed by atoms with E-state index in [1.54, 1.807) is 14.2 Å². The Kier molecular flexibility index (Phi) is 5.41. The Morgan fingerprint density at radius 1 is 1.17 bits per heavy atom. The van der Waals surface area contributed by atoms with Crippen molar-refractivity contribution < 1.29 is 14.0 Å². The van der Waals surface area contributed by atoms with Crippen LogP contribution in [0.3, 0.4) is 0 Å². The number of hydrogen-bond acceptors (Lipinski definition) is 5. The van der Waals surface area contributed by atoms with Crippen LogP contribution < -0.4 is 9.47 Å². The van der Waals surface area contributed by atoms with Gasteiger partial charge in [0.1, 0.15) is 11.5 Å². The number of nitrogens with zero attached hydrogens (tertiary/aromatic N) is 2. The van der Waals surface area contributed by atoms with Crippen LogP contribution in [0.1, 0.15) is 48.7 Å². The molecule has 3 rings (SSSR count). The molecule has 2 aromatic rings. The van der Waals surface area contributed by atoms with Gasteiger partial charge in [-0.15, -0.1) is 0 Å². The molecule has 0 saturated carbocycles. The summed E-state index contributed by atoms with van der Waals surface area (Å²) in [4.78, 5) is 2.48. The molecule has 1 aliphatic heterocycles. The van der Waals surface area contributed by atoms with Crippen molar-refractivity contribution in [3.8, 4) is 11.5 Å². The second-order valence-electron chi connectivity index (χ2n) is 6.38. The maximum atomic E-state index is 5.58. The van der Waals surface area contributed by atoms with Crippen molar-refractivity contribution >= 4 is 0 Å². The van der Waals surface area contributed by atoms with Gasteiger partial charge in [0.05, 0.1) is 26.0 Å². The summed E-state index contributed by atoms with van der Waals surface area (Å²) < 4.78 is 16.5. The lowest BCUT2D eigenvalue weighted by molar-refractivity contribution is 0.158. The van der Waals surface area contributed by atoms with E-state index < -0.39 is 0 Å². The molecule has 0 aliphatic carbocycles. The third kappa shape index (κ3) is 3.73. The molecule has 1 aromatic carbocycles. The predicted molar refractivity (Wildman–Crippen MR) is 92.4 cm³/mol. The molecule has 0 radical (unpaired) electrons. The lowest BCUT2D eigenvalue weighted by Crippen LogP contribution is -2.28. The Morgan fingerprint density at radius 2 is 2.04 bits per heavy atom. The first-order valence-corrected chi connectivity index (χ1v) is 8.59. The minimum absolute atomic E-state index is 0.268. The summed E-state index contributed by atoms with van der Waals surface area (Å²) >= 11 is 0. The highest BCUT2D eigenvalue weighted by molar-refractivity contribution is 5.40. The number of benzene rings is 1. The van der Waals surface area contributed by atoms with Crippen LogP contribution in [0.15, 0.2) is 28.8 Å². The lowest BCUT2D eigenvalue weighted by atomic mass is 10.1. The lowest BCUT2D eigenvalue weighted by Gasteiger charge is -2.28. The Bertz CT molecular complexity index is 668. The summed E-state index contributed by atoms with van der Waals surface area (Å²) in [5.74, 6) is 2.72. The molecule has 1 atom stereocenters. The predicted octanol–water partition coefficient (Wildman–Crippen LogP) is 4.12. The molecule has 1 aromatic heterocycles. The topological polar surface area (TPSA) is 47.7 Å². The molecule has 0 spiro atoms. The molecular weight excluding hydrogens is 304 g/mol. The average molecular weight is 330 g/mol. The molecule has 24 heavy (non-hydrogen) atoms. The minimum Gasteiger partial charge on any atom is -0.497 e. The number of aryl methyl sites for hydroxylation is 1. The van der Waals surface area contributed by atoms with Crippen molar-refractivity contribution in [3.05, 3.63) is 41.3 Å². The monoisotopic (exact) mass is 330 g/mol. The standard InChI is InChI=1S/C19H26N2O3/c1-14-11-19(24-20-14)17-7-5-4-6-10-21(17)13-15-12-16(22-2)8-9-18(15)23-3/h8-9,11-12,17H,4-7,10,13H2,1-3H3/t17-/m1/s1. The first-order valence-electron chi connectivity index (χ1n) is 8.59. The fourth-order valence-electron chi connectivity index (χ4n) is 3.44. The van der Waals surface area contributed by atoms with E-state index in [-0.39, 0.29) is 6.04 Å². The number of aromatic nitrogens is 1. The number of methoxy groups -OCH3 is 2. The Balaban J connectivity index is 1.87. The van der Waals surface area contributed by atoms with Gasteiger partial charge in [-0.25, -0.2) is 0 Å². The van der Waals surface area contributed by atoms with Gasteiger partial charge in [0.15, 0.2) is 5.76 Å². The third-order valence-electron chi connectivity index (χ3n) is 4.70. The summed E-state index contributed by atoms with van der Waals surface area (Å²) in [5, 5.41) is 4.08. The van der Waals surface area contributed by atoms with E-state index in [9.17, 15) is 0 Å². The molecule has 130 valence electrons. The average Bonchev–Trinajstić information content (AvgIpc) is 2.89. The minimum atomic E-state index is 0.268. The van der Waals surface area contributed by atoms with Crippen molar-refractivity contribution in [2.45, 2.75) is 45.2 Å². The van der Waals surface area contributed by atoms with Crippen molar-refractivity contribution in [3.63, 3.8) is 0 Å². The van der Waals surface area contributed by atoms with E-state index >= 15 is 0 Å². The zero-order valence-electron chi connectivity index (χ0n) is 14.7. The zero-order chi connectivity index (χ0) is 16.9. The van der Waals surface area contributed by atoms with Crippen LogP contribution in [0.25, 0.3) is 0 Å². The van der Waals surface area contributed by atoms with Crippen molar-refractivity contribution in [1.29, 1.82) is 0 Å². The molecule has 1 aliphatic rings. The maximum absolute atomic E-state index is 5.58. The summed E-state index contributed by atoms with van der Waals surface area (Å²) in [6, 6.07) is 8.30. The van der Waals surface area contributed by atoms with E-state index in [1.165, 1.54) is 19.3 Å². The highest BCUT2D eigenvalue weighted by Crippen LogP contribution is 2.34. The Labute approximate surface area is 143 Å². The zero-order valence-corrected chi connectivity index (χ0v) is 14.7. The molecule has 1 saturated heterocycles. The fraction of sp³-hybridized carbons (Fsp3) is 0.526. The molecule has 0 bridgehead atoms. The first kappa shape index (κ1) is 16.8. The molecular formula is C19H26N2O3. The van der Waals surface area contributed by atoms with Gasteiger partial charge < -0.3 is 14.0 Å². The number of likely N-dealkylation sites (tertiary alicyclic amines) is 1. The van der Waals surface area contributed by atoms with Gasteiger partial charge in [0.25, 0.3) is 0 Å². The van der Waals surface area contributed by atoms with Crippen molar-refractivity contribution in [1.82, 2.24) is 10.1 Å². The summed E-state index contributed by atoms with van der Waals surface area (Å²) in [6.07, 6.45) is 4.78. The van der Waals surface area contributed by atoms with Crippen LogP contribution in [0, 0.1) is 6.92 Å². The fourth-order valence-corrected chi connectivity index (χ4v) is 3.44. The van der Waals surface area contributed by atoms with Gasteiger partial charge in [0, 0.05) is 18.2 Å². The van der Waals surface area contributed by atoms with E-state index in [2.05, 4.69) is 22.2 Å². The highest BCUT2D eigenvalue weighted by Gasteiger charge is 2.26. The van der Waals surface area contributed by atoms with E-state index in [1.807, 2.05) is 19.1 Å². The third-order valence-corrected chi connectivity index (χ3v) is 4.70. The Morgan fingerprint density at radius 3 is 2.75 bits per heavy atom. The van der Waals surface area contributed by atoms with Gasteiger partial charge >= 0.3 is 0 Å². The molecule has 5 nitrogen and oxygen atoms in total. The number of hydrogen-bond donors (Lipinski definition) is 0. The van der Waals surface area contributed by atoms with Crippen LogP contribution >= 0.6 is 0 Å². The van der Waals surface area contributed by atoms with Gasteiger partial charge in [-0.1, -0.05) is 18.0 Å². The van der Waals surface area contributed by atoms with Crippen molar-refractivity contribution in [2.75, 3.05) is 20.8 Å². The Hall–Kier alpha value is -2.01. The highest BCUT2D eigenvalue weighted by atomic mass is 16.5. The summed E-state index contributed by atoms with van der Waals surface area (Å²) in [6.45, 7) is 3.83. The molecule has 0 unspecified atom stereocenters. The van der Waals surface area contributed by atoms with Crippen LogP contribution in [0.2, 0.25) is 0 Å². The van der Waals surface area contributed by atoms with Crippen molar-refractivity contribution in [2.24, 2.45) is 0 Å². The summed E-state index contributed by atoms with van der Waals surface area (Å²) in [5.41, 5.74) is 2.08. The van der Waals surface area contributed by atoms with Crippen LogP contribution in [-0.4, -0.2) is 30.8 Å². The molecule has 2 heterocycles. The molecule has 0 N–H and O–H groups in total. The molecule has 1 fully saturated rings. The summed E-state index contributed by atoms with van der Waals surface area (Å²) in [7, 11) is 3.41. The van der Waals surface area contributed by atoms with Crippen LogP contribution in [0.5, 0.6) is 11.5 Å². The van der Waals surface area contributed by atoms with E-state index in [4.69, 9.17) is 14.0 Å². The van der Waals surface area contributed by atoms with Gasteiger partial charge in [-0.05, 0) is 44.5 Å². The van der Waals surface area contributed by atoms with Gasteiger partial charge in [-0.2, -0.15) is 0 Å². The first-order chi connectivity index (χ1) is 11.7. The van der Waals surface area contributed by atoms with Gasteiger partial charge in [-0.3, -0.25) is 4.90 Å². The van der Waals surface area contributed by atoms with Gasteiger partial charge in [0.2, 0.25) is 0 Å². The quantitative estimate of drug-likeness (QED) is 0.825. The molecule has 0 amide bonds. The maximum Gasteiger partial charge on any atom is 0.154 e. The largest absolute Gasteiger partial charge is 0.497 e. The number of ether oxygens (including phenoxy) is 2. The SMILES string of the molecule is COc1ccc(OC)c(CN2CCCCC[C@@H]2c2cc(C)no2)c1. The normalized spacial score (nSPS) is 19.0.